The number of rotatable bonds is 4. The molecular formula is C16H22N4O2. The molecule has 22 heavy (non-hydrogen) atoms. The molecule has 3 rings (SSSR count). The number of aryl methyl sites for hydroxylation is 1. The van der Waals surface area contributed by atoms with Crippen molar-refractivity contribution in [1.29, 1.82) is 0 Å². The van der Waals surface area contributed by atoms with Crippen LogP contribution in [0.4, 0.5) is 4.79 Å². The maximum absolute atomic E-state index is 12.3. The summed E-state index contributed by atoms with van der Waals surface area (Å²) in [4.78, 5) is 14.2. The predicted molar refractivity (Wildman–Crippen MR) is 82.7 cm³/mol. The van der Waals surface area contributed by atoms with Gasteiger partial charge in [0, 0.05) is 37.7 Å². The fraction of sp³-hybridized carbons (Fsp3) is 0.500. The summed E-state index contributed by atoms with van der Waals surface area (Å²) in [7, 11) is 0. The first-order valence-electron chi connectivity index (χ1n) is 7.79. The zero-order valence-corrected chi connectivity index (χ0v) is 12.8. The van der Waals surface area contributed by atoms with Crippen molar-refractivity contribution < 1.29 is 9.21 Å². The number of aromatic nitrogens is 2. The Morgan fingerprint density at radius 1 is 1.59 bits per heavy atom. The number of carbonyl (C=O) groups is 1. The number of nitrogens with zero attached hydrogens (tertiary/aromatic N) is 2. The molecule has 6 nitrogen and oxygen atoms in total. The van der Waals surface area contributed by atoms with Crippen LogP contribution in [0.2, 0.25) is 0 Å². The average Bonchev–Trinajstić information content (AvgIpc) is 3.19. The van der Waals surface area contributed by atoms with Gasteiger partial charge >= 0.3 is 6.03 Å². The second-order valence-corrected chi connectivity index (χ2v) is 5.82. The van der Waals surface area contributed by atoms with Gasteiger partial charge in [-0.1, -0.05) is 0 Å². The van der Waals surface area contributed by atoms with E-state index in [-0.39, 0.29) is 6.03 Å². The highest BCUT2D eigenvalue weighted by Crippen LogP contribution is 2.25. The van der Waals surface area contributed by atoms with Crippen LogP contribution in [0.25, 0.3) is 0 Å². The maximum atomic E-state index is 12.3. The number of aromatic amines is 1. The Morgan fingerprint density at radius 3 is 3.23 bits per heavy atom. The van der Waals surface area contributed by atoms with Crippen LogP contribution in [-0.4, -0.2) is 40.8 Å². The predicted octanol–water partition coefficient (Wildman–Crippen LogP) is 2.44. The van der Waals surface area contributed by atoms with Crippen molar-refractivity contribution in [2.24, 2.45) is 0 Å². The van der Waals surface area contributed by atoms with E-state index >= 15 is 0 Å². The van der Waals surface area contributed by atoms with Gasteiger partial charge in [0.25, 0.3) is 0 Å². The van der Waals surface area contributed by atoms with E-state index in [2.05, 4.69) is 21.6 Å². The monoisotopic (exact) mass is 302 g/mol. The molecule has 3 heterocycles. The molecule has 118 valence electrons. The first-order valence-corrected chi connectivity index (χ1v) is 7.79. The average molecular weight is 302 g/mol. The van der Waals surface area contributed by atoms with Crippen molar-refractivity contribution >= 4 is 6.03 Å². The Bertz CT molecular complexity index is 605. The number of hydrogen-bond acceptors (Lipinski definition) is 3. The summed E-state index contributed by atoms with van der Waals surface area (Å²) in [6.45, 7) is 4.14. The van der Waals surface area contributed by atoms with Crippen LogP contribution in [0.3, 0.4) is 0 Å². The minimum atomic E-state index is 0.00325. The van der Waals surface area contributed by atoms with Gasteiger partial charge in [-0.05, 0) is 38.0 Å². The van der Waals surface area contributed by atoms with Crippen molar-refractivity contribution in [3.63, 3.8) is 0 Å². The second kappa shape index (κ2) is 6.68. The third-order valence-electron chi connectivity index (χ3n) is 4.08. The molecule has 6 heteroatoms. The molecule has 1 unspecified atom stereocenters. The Balaban J connectivity index is 1.49. The minimum Gasteiger partial charge on any atom is -0.469 e. The third kappa shape index (κ3) is 3.50. The van der Waals surface area contributed by atoms with Crippen molar-refractivity contribution in [3.05, 3.63) is 41.6 Å². The summed E-state index contributed by atoms with van der Waals surface area (Å²) in [5, 5.41) is 10.3. The number of piperidine rings is 1. The van der Waals surface area contributed by atoms with Crippen LogP contribution in [0.15, 0.2) is 28.9 Å². The molecule has 0 saturated carbocycles. The van der Waals surface area contributed by atoms with Crippen LogP contribution in [0.5, 0.6) is 0 Å². The van der Waals surface area contributed by atoms with E-state index in [4.69, 9.17) is 4.42 Å². The van der Waals surface area contributed by atoms with Gasteiger partial charge in [0.2, 0.25) is 0 Å². The lowest BCUT2D eigenvalue weighted by molar-refractivity contribution is 0.179. The lowest BCUT2D eigenvalue weighted by Gasteiger charge is -2.32. The molecule has 0 spiro atoms. The Morgan fingerprint density at radius 2 is 2.50 bits per heavy atom. The molecule has 1 aliphatic heterocycles. The molecule has 2 aromatic rings. The zero-order valence-electron chi connectivity index (χ0n) is 12.8. The van der Waals surface area contributed by atoms with Crippen LogP contribution in [-0.2, 0) is 6.42 Å². The fourth-order valence-electron chi connectivity index (χ4n) is 2.91. The molecule has 1 atom stereocenters. The Labute approximate surface area is 129 Å². The van der Waals surface area contributed by atoms with Crippen LogP contribution >= 0.6 is 0 Å². The molecule has 0 radical (unpaired) electrons. The van der Waals surface area contributed by atoms with Crippen molar-refractivity contribution in [2.45, 2.75) is 32.1 Å². The molecule has 0 bridgehead atoms. The number of nitrogens with one attached hydrogen (secondary N) is 2. The van der Waals surface area contributed by atoms with E-state index in [0.29, 0.717) is 18.9 Å². The van der Waals surface area contributed by atoms with Crippen molar-refractivity contribution in [1.82, 2.24) is 20.4 Å². The number of furan rings is 1. The number of carbonyl (C=O) groups excluding carboxylic acids is 1. The molecule has 0 aliphatic carbocycles. The molecule has 1 aliphatic rings. The van der Waals surface area contributed by atoms with Gasteiger partial charge in [0.1, 0.15) is 5.76 Å². The highest BCUT2D eigenvalue weighted by atomic mass is 16.3. The van der Waals surface area contributed by atoms with E-state index < -0.39 is 0 Å². The highest BCUT2D eigenvalue weighted by molar-refractivity contribution is 5.74. The van der Waals surface area contributed by atoms with Crippen LogP contribution < -0.4 is 5.32 Å². The lowest BCUT2D eigenvalue weighted by Crippen LogP contribution is -2.45. The lowest BCUT2D eigenvalue weighted by atomic mass is 9.95. The number of urea groups is 1. The van der Waals surface area contributed by atoms with Crippen LogP contribution in [0.1, 0.15) is 35.9 Å². The molecular weight excluding hydrogens is 280 g/mol. The molecule has 1 fully saturated rings. The summed E-state index contributed by atoms with van der Waals surface area (Å²) in [5.41, 5.74) is 2.13. The molecule has 0 aromatic carbocycles. The van der Waals surface area contributed by atoms with Crippen molar-refractivity contribution in [2.75, 3.05) is 19.6 Å². The van der Waals surface area contributed by atoms with Crippen molar-refractivity contribution in [3.8, 4) is 0 Å². The summed E-state index contributed by atoms with van der Waals surface area (Å²) in [5.74, 6) is 1.22. The third-order valence-corrected chi connectivity index (χ3v) is 4.08. The van der Waals surface area contributed by atoms with E-state index in [1.807, 2.05) is 24.0 Å². The summed E-state index contributed by atoms with van der Waals surface area (Å²) in [6.07, 6.45) is 4.47. The Hall–Kier alpha value is -2.24. The van der Waals surface area contributed by atoms with Gasteiger partial charge < -0.3 is 14.6 Å². The molecule has 1 saturated heterocycles. The summed E-state index contributed by atoms with van der Waals surface area (Å²) in [6, 6.07) is 5.85. The van der Waals surface area contributed by atoms with E-state index in [0.717, 1.165) is 43.1 Å². The summed E-state index contributed by atoms with van der Waals surface area (Å²) < 4.78 is 5.26. The quantitative estimate of drug-likeness (QED) is 0.911. The first kappa shape index (κ1) is 14.7. The van der Waals surface area contributed by atoms with Gasteiger partial charge in [-0.25, -0.2) is 4.79 Å². The zero-order chi connectivity index (χ0) is 15.4. The first-order chi connectivity index (χ1) is 10.7. The summed E-state index contributed by atoms with van der Waals surface area (Å²) >= 11 is 0. The maximum Gasteiger partial charge on any atom is 0.317 e. The number of hydrogen-bond donors (Lipinski definition) is 2. The smallest absolute Gasteiger partial charge is 0.317 e. The number of amides is 2. The number of likely N-dealkylation sites (tertiary alicyclic amines) is 1. The van der Waals surface area contributed by atoms with Gasteiger partial charge in [-0.15, -0.1) is 0 Å². The topological polar surface area (TPSA) is 74.2 Å². The highest BCUT2D eigenvalue weighted by Gasteiger charge is 2.25. The standard InChI is InChI=1S/C16H22N4O2/c1-12-10-15(19-18-12)13-4-2-8-20(11-13)16(21)17-7-6-14-5-3-9-22-14/h3,5,9-10,13H,2,4,6-8,11H2,1H3,(H,17,21)(H,18,19). The Kier molecular flexibility index (Phi) is 4.46. The van der Waals surface area contributed by atoms with E-state index in [1.54, 1.807) is 6.26 Å². The van der Waals surface area contributed by atoms with E-state index in [1.165, 1.54) is 0 Å². The van der Waals surface area contributed by atoms with Gasteiger partial charge in [0.15, 0.2) is 0 Å². The van der Waals surface area contributed by atoms with Crippen LogP contribution in [0, 0.1) is 6.92 Å². The fourth-order valence-corrected chi connectivity index (χ4v) is 2.91. The SMILES string of the molecule is Cc1cc(C2CCCN(C(=O)NCCc3ccco3)C2)n[nH]1. The van der Waals surface area contributed by atoms with E-state index in [9.17, 15) is 4.79 Å². The molecule has 2 N–H and O–H groups in total. The second-order valence-electron chi connectivity index (χ2n) is 5.82. The minimum absolute atomic E-state index is 0.00325. The molecule has 2 aromatic heterocycles. The largest absolute Gasteiger partial charge is 0.469 e. The normalized spacial score (nSPS) is 18.4. The number of H-pyrrole nitrogens is 1. The van der Waals surface area contributed by atoms with Gasteiger partial charge in [-0.2, -0.15) is 5.10 Å². The molecule has 2 amide bonds. The van der Waals surface area contributed by atoms with Gasteiger partial charge in [0.05, 0.1) is 12.0 Å². The van der Waals surface area contributed by atoms with Gasteiger partial charge in [-0.3, -0.25) is 5.10 Å².